The Morgan fingerprint density at radius 2 is 1.73 bits per heavy atom. The van der Waals surface area contributed by atoms with Crippen molar-refractivity contribution in [1.82, 2.24) is 4.90 Å². The second-order valence-electron chi connectivity index (χ2n) is 4.64. The molecule has 0 aromatic heterocycles. The van der Waals surface area contributed by atoms with Gasteiger partial charge in [-0.3, -0.25) is 4.90 Å². The molecule has 2 nitrogen and oxygen atoms in total. The zero-order chi connectivity index (χ0) is 10.1. The van der Waals surface area contributed by atoms with Gasteiger partial charge in [0, 0.05) is 19.6 Å². The van der Waals surface area contributed by atoms with Crippen molar-refractivity contribution in [1.29, 1.82) is 0 Å². The third-order valence-electron chi connectivity index (χ3n) is 3.37. The average Bonchev–Trinajstić information content (AvgIpc) is 2.60. The first-order chi connectivity index (χ1) is 7.40. The third kappa shape index (κ3) is 2.06. The van der Waals surface area contributed by atoms with Gasteiger partial charge in [-0.15, -0.1) is 0 Å². The molecule has 2 aliphatic heterocycles. The minimum atomic E-state index is 0.507. The van der Waals surface area contributed by atoms with Crippen molar-refractivity contribution in [3.8, 4) is 0 Å². The van der Waals surface area contributed by atoms with Crippen LogP contribution < -0.4 is 0 Å². The van der Waals surface area contributed by atoms with Gasteiger partial charge < -0.3 is 4.74 Å². The molecule has 2 atom stereocenters. The van der Waals surface area contributed by atoms with E-state index in [1.54, 1.807) is 0 Å². The van der Waals surface area contributed by atoms with Crippen LogP contribution in [0.4, 0.5) is 0 Å². The SMILES string of the molecule is c1ccc(CN2C[C@@H]3CC[C@@H](C2)O3)cc1. The number of fused-ring (bicyclic) bond motifs is 2. The van der Waals surface area contributed by atoms with Gasteiger partial charge in [0.1, 0.15) is 0 Å². The summed E-state index contributed by atoms with van der Waals surface area (Å²) in [7, 11) is 0. The normalized spacial score (nSPS) is 30.7. The van der Waals surface area contributed by atoms with Gasteiger partial charge >= 0.3 is 0 Å². The first-order valence-electron chi connectivity index (χ1n) is 5.82. The largest absolute Gasteiger partial charge is 0.372 e. The second kappa shape index (κ2) is 3.95. The average molecular weight is 203 g/mol. The van der Waals surface area contributed by atoms with Gasteiger partial charge in [-0.05, 0) is 18.4 Å². The number of ether oxygens (including phenoxy) is 1. The van der Waals surface area contributed by atoms with Crippen LogP contribution >= 0.6 is 0 Å². The van der Waals surface area contributed by atoms with Crippen LogP contribution in [0.1, 0.15) is 18.4 Å². The van der Waals surface area contributed by atoms with Crippen LogP contribution in [-0.4, -0.2) is 30.2 Å². The third-order valence-corrected chi connectivity index (χ3v) is 3.37. The lowest BCUT2D eigenvalue weighted by molar-refractivity contribution is -0.0410. The standard InChI is InChI=1S/C13H17NO/c1-2-4-11(5-3-1)8-14-9-12-6-7-13(10-14)15-12/h1-5,12-13H,6-10H2/t12-,13-/m0/s1. The molecule has 0 unspecified atom stereocenters. The molecule has 1 aromatic rings. The summed E-state index contributed by atoms with van der Waals surface area (Å²) >= 11 is 0. The molecule has 0 N–H and O–H groups in total. The maximum Gasteiger partial charge on any atom is 0.0707 e. The molecular formula is C13H17NO. The van der Waals surface area contributed by atoms with Crippen molar-refractivity contribution in [2.75, 3.05) is 13.1 Å². The van der Waals surface area contributed by atoms with Crippen LogP contribution in [0.15, 0.2) is 30.3 Å². The number of hydrogen-bond donors (Lipinski definition) is 0. The predicted molar refractivity (Wildman–Crippen MR) is 59.6 cm³/mol. The fourth-order valence-electron chi connectivity index (χ4n) is 2.67. The molecule has 3 rings (SSSR count). The molecule has 1 aromatic carbocycles. The van der Waals surface area contributed by atoms with Crippen LogP contribution in [0.25, 0.3) is 0 Å². The molecule has 2 aliphatic rings. The second-order valence-corrected chi connectivity index (χ2v) is 4.64. The highest BCUT2D eigenvalue weighted by Crippen LogP contribution is 2.26. The minimum absolute atomic E-state index is 0.507. The van der Waals surface area contributed by atoms with E-state index in [0.29, 0.717) is 12.2 Å². The molecule has 0 spiro atoms. The lowest BCUT2D eigenvalue weighted by Crippen LogP contribution is -2.41. The van der Waals surface area contributed by atoms with E-state index in [2.05, 4.69) is 35.2 Å². The van der Waals surface area contributed by atoms with Crippen LogP contribution in [-0.2, 0) is 11.3 Å². The summed E-state index contributed by atoms with van der Waals surface area (Å²) in [4.78, 5) is 2.53. The summed E-state index contributed by atoms with van der Waals surface area (Å²) in [6, 6.07) is 10.7. The molecule has 80 valence electrons. The maximum atomic E-state index is 5.82. The van der Waals surface area contributed by atoms with Gasteiger partial charge in [0.05, 0.1) is 12.2 Å². The molecule has 0 aliphatic carbocycles. The molecule has 2 saturated heterocycles. The Hall–Kier alpha value is -0.860. The zero-order valence-corrected chi connectivity index (χ0v) is 8.93. The summed E-state index contributed by atoms with van der Waals surface area (Å²) < 4.78 is 5.82. The number of morpholine rings is 1. The predicted octanol–water partition coefficient (Wildman–Crippen LogP) is 2.05. The summed E-state index contributed by atoms with van der Waals surface area (Å²) in [6.07, 6.45) is 3.53. The maximum absolute atomic E-state index is 5.82. The van der Waals surface area contributed by atoms with Gasteiger partial charge in [-0.25, -0.2) is 0 Å². The molecule has 0 amide bonds. The monoisotopic (exact) mass is 203 g/mol. The quantitative estimate of drug-likeness (QED) is 0.729. The molecule has 2 heterocycles. The first-order valence-corrected chi connectivity index (χ1v) is 5.82. The van der Waals surface area contributed by atoms with Crippen molar-refractivity contribution in [2.24, 2.45) is 0 Å². The van der Waals surface area contributed by atoms with E-state index in [4.69, 9.17) is 4.74 Å². The summed E-state index contributed by atoms with van der Waals surface area (Å²) in [5, 5.41) is 0. The van der Waals surface area contributed by atoms with Crippen molar-refractivity contribution >= 4 is 0 Å². The number of benzene rings is 1. The van der Waals surface area contributed by atoms with E-state index in [1.807, 2.05) is 0 Å². The van der Waals surface area contributed by atoms with E-state index in [9.17, 15) is 0 Å². The molecule has 2 heteroatoms. The Morgan fingerprint density at radius 3 is 2.40 bits per heavy atom. The van der Waals surface area contributed by atoms with Gasteiger partial charge in [0.15, 0.2) is 0 Å². The Balaban J connectivity index is 1.65. The molecular weight excluding hydrogens is 186 g/mol. The molecule has 0 radical (unpaired) electrons. The Bertz CT molecular complexity index is 313. The molecule has 2 fully saturated rings. The Kier molecular flexibility index (Phi) is 2.47. The summed E-state index contributed by atoms with van der Waals surface area (Å²) in [5.41, 5.74) is 1.42. The minimum Gasteiger partial charge on any atom is -0.372 e. The lowest BCUT2D eigenvalue weighted by atomic mass is 10.2. The topological polar surface area (TPSA) is 12.5 Å². The van der Waals surface area contributed by atoms with Crippen molar-refractivity contribution < 1.29 is 4.74 Å². The van der Waals surface area contributed by atoms with Gasteiger partial charge in [0.2, 0.25) is 0 Å². The fourth-order valence-corrected chi connectivity index (χ4v) is 2.67. The molecule has 2 bridgehead atoms. The van der Waals surface area contributed by atoms with Crippen LogP contribution in [0.5, 0.6) is 0 Å². The Labute approximate surface area is 90.8 Å². The number of hydrogen-bond acceptors (Lipinski definition) is 2. The lowest BCUT2D eigenvalue weighted by Gasteiger charge is -2.32. The Morgan fingerprint density at radius 1 is 1.07 bits per heavy atom. The van der Waals surface area contributed by atoms with Crippen molar-refractivity contribution in [3.05, 3.63) is 35.9 Å². The molecule has 0 saturated carbocycles. The highest BCUT2D eigenvalue weighted by molar-refractivity contribution is 5.14. The van der Waals surface area contributed by atoms with Crippen molar-refractivity contribution in [3.63, 3.8) is 0 Å². The van der Waals surface area contributed by atoms with E-state index in [0.717, 1.165) is 19.6 Å². The van der Waals surface area contributed by atoms with E-state index < -0.39 is 0 Å². The summed E-state index contributed by atoms with van der Waals surface area (Å²) in [5.74, 6) is 0. The summed E-state index contributed by atoms with van der Waals surface area (Å²) in [6.45, 7) is 3.31. The number of nitrogens with zero attached hydrogens (tertiary/aromatic N) is 1. The zero-order valence-electron chi connectivity index (χ0n) is 8.93. The van der Waals surface area contributed by atoms with Crippen LogP contribution in [0.3, 0.4) is 0 Å². The number of rotatable bonds is 2. The first kappa shape index (κ1) is 9.37. The van der Waals surface area contributed by atoms with Crippen molar-refractivity contribution in [2.45, 2.75) is 31.6 Å². The van der Waals surface area contributed by atoms with E-state index >= 15 is 0 Å². The smallest absolute Gasteiger partial charge is 0.0707 e. The van der Waals surface area contributed by atoms with Gasteiger partial charge in [0.25, 0.3) is 0 Å². The van der Waals surface area contributed by atoms with Gasteiger partial charge in [-0.1, -0.05) is 30.3 Å². The van der Waals surface area contributed by atoms with Crippen LogP contribution in [0, 0.1) is 0 Å². The highest BCUT2D eigenvalue weighted by atomic mass is 16.5. The highest BCUT2D eigenvalue weighted by Gasteiger charge is 2.33. The van der Waals surface area contributed by atoms with Crippen LogP contribution in [0.2, 0.25) is 0 Å². The van der Waals surface area contributed by atoms with E-state index in [1.165, 1.54) is 18.4 Å². The molecule has 15 heavy (non-hydrogen) atoms. The fraction of sp³-hybridized carbons (Fsp3) is 0.538. The number of likely N-dealkylation sites (tertiary alicyclic amines) is 1. The van der Waals surface area contributed by atoms with Gasteiger partial charge in [-0.2, -0.15) is 0 Å². The van der Waals surface area contributed by atoms with E-state index in [-0.39, 0.29) is 0 Å².